The van der Waals surface area contributed by atoms with Crippen molar-refractivity contribution in [3.05, 3.63) is 35.4 Å². The molecule has 16 heavy (non-hydrogen) atoms. The summed E-state index contributed by atoms with van der Waals surface area (Å²) in [6.07, 6.45) is -1.20. The number of hydrogen-bond donors (Lipinski definition) is 2. The molecule has 0 atom stereocenters. The molecule has 4 nitrogen and oxygen atoms in total. The van der Waals surface area contributed by atoms with Gasteiger partial charge in [0.1, 0.15) is 0 Å². The van der Waals surface area contributed by atoms with E-state index in [1.807, 2.05) is 0 Å². The Morgan fingerprint density at radius 2 is 2.06 bits per heavy atom. The summed E-state index contributed by atoms with van der Waals surface area (Å²) >= 11 is 0. The number of hydrogen-bond acceptors (Lipinski definition) is 3. The minimum absolute atomic E-state index is 0.0972. The van der Waals surface area contributed by atoms with E-state index in [-0.39, 0.29) is 16.8 Å². The number of benzene rings is 1. The average molecular weight is 227 g/mol. The van der Waals surface area contributed by atoms with Crippen LogP contribution in [0.25, 0.3) is 6.08 Å². The van der Waals surface area contributed by atoms with Crippen LogP contribution in [0.4, 0.5) is 14.5 Å². The molecule has 0 spiro atoms. The average Bonchev–Trinajstić information content (AvgIpc) is 2.19. The van der Waals surface area contributed by atoms with Crippen molar-refractivity contribution in [2.75, 3.05) is 12.8 Å². The zero-order valence-electron chi connectivity index (χ0n) is 8.58. The summed E-state index contributed by atoms with van der Waals surface area (Å²) in [4.78, 5) is 11.5. The molecule has 0 aliphatic carbocycles. The lowest BCUT2D eigenvalue weighted by Gasteiger charge is -2.12. The van der Waals surface area contributed by atoms with Crippen LogP contribution in [-0.2, 0) is 0 Å². The number of anilines is 1. The normalized spacial score (nSPS) is 9.75. The fourth-order valence-electron chi connectivity index (χ4n) is 1.16. The van der Waals surface area contributed by atoms with Gasteiger partial charge >= 0.3 is 0 Å². The molecule has 0 saturated carbocycles. The number of amides is 1. The maximum absolute atomic E-state index is 12.0. The van der Waals surface area contributed by atoms with Crippen molar-refractivity contribution in [3.8, 4) is 0 Å². The lowest BCUT2D eigenvalue weighted by atomic mass is 10.1. The Bertz CT molecular complexity index is 440. The lowest BCUT2D eigenvalue weighted by Crippen LogP contribution is -2.33. The highest BCUT2D eigenvalue weighted by Gasteiger charge is 2.12. The maximum Gasteiger partial charge on any atom is 0.270 e. The number of nitrogens with zero attached hydrogens (tertiary/aromatic N) is 1. The Labute approximate surface area is 91.1 Å². The van der Waals surface area contributed by atoms with Crippen LogP contribution >= 0.6 is 0 Å². The molecule has 0 aliphatic heterocycles. The highest BCUT2D eigenvalue weighted by molar-refractivity contribution is 5.99. The van der Waals surface area contributed by atoms with Gasteiger partial charge in [-0.1, -0.05) is 6.07 Å². The van der Waals surface area contributed by atoms with Gasteiger partial charge in [-0.25, -0.2) is 5.84 Å². The summed E-state index contributed by atoms with van der Waals surface area (Å²) in [6.45, 7) is 0. The summed E-state index contributed by atoms with van der Waals surface area (Å²) < 4.78 is 24.0. The molecule has 4 N–H and O–H groups in total. The minimum Gasteiger partial charge on any atom is -0.398 e. The number of nitrogens with two attached hydrogens (primary N) is 2. The van der Waals surface area contributed by atoms with Crippen LogP contribution in [0.2, 0.25) is 0 Å². The molecule has 1 rings (SSSR count). The Morgan fingerprint density at radius 3 is 2.56 bits per heavy atom. The van der Waals surface area contributed by atoms with E-state index < -0.39 is 12.0 Å². The largest absolute Gasteiger partial charge is 0.398 e. The minimum atomic E-state index is -1.84. The van der Waals surface area contributed by atoms with E-state index in [0.29, 0.717) is 6.08 Å². The van der Waals surface area contributed by atoms with Crippen LogP contribution in [0.1, 0.15) is 15.9 Å². The topological polar surface area (TPSA) is 72.3 Å². The fraction of sp³-hybridized carbons (Fsp3) is 0.100. The molecule has 1 aromatic carbocycles. The van der Waals surface area contributed by atoms with Crippen molar-refractivity contribution in [1.82, 2.24) is 5.01 Å². The van der Waals surface area contributed by atoms with Gasteiger partial charge in [0.05, 0.1) is 5.56 Å². The summed E-state index contributed by atoms with van der Waals surface area (Å²) in [5.41, 5.74) is 6.03. The highest BCUT2D eigenvalue weighted by atomic mass is 19.3. The van der Waals surface area contributed by atoms with Gasteiger partial charge < -0.3 is 5.73 Å². The van der Waals surface area contributed by atoms with E-state index >= 15 is 0 Å². The zero-order valence-corrected chi connectivity index (χ0v) is 8.58. The summed E-state index contributed by atoms with van der Waals surface area (Å²) in [5, 5.41) is 0.838. The van der Waals surface area contributed by atoms with Gasteiger partial charge in [-0.15, -0.1) is 0 Å². The molecule has 0 unspecified atom stereocenters. The number of carbonyl (C=O) groups is 1. The number of rotatable bonds is 2. The van der Waals surface area contributed by atoms with Gasteiger partial charge in [0.15, 0.2) is 0 Å². The molecule has 86 valence electrons. The predicted octanol–water partition coefficient (Wildman–Crippen LogP) is 1.45. The predicted molar refractivity (Wildman–Crippen MR) is 57.3 cm³/mol. The van der Waals surface area contributed by atoms with Gasteiger partial charge in [0, 0.05) is 18.8 Å². The van der Waals surface area contributed by atoms with E-state index in [2.05, 4.69) is 0 Å². The second-order valence-electron chi connectivity index (χ2n) is 3.20. The number of hydrazine groups is 1. The third kappa shape index (κ3) is 2.77. The van der Waals surface area contributed by atoms with Crippen LogP contribution < -0.4 is 11.6 Å². The van der Waals surface area contributed by atoms with Crippen LogP contribution in [0, 0.1) is 0 Å². The molecule has 0 heterocycles. The van der Waals surface area contributed by atoms with Crippen LogP contribution in [0.5, 0.6) is 0 Å². The van der Waals surface area contributed by atoms with Gasteiger partial charge in [-0.05, 0) is 17.7 Å². The molecular weight excluding hydrogens is 216 g/mol. The van der Waals surface area contributed by atoms with E-state index in [1.165, 1.54) is 25.2 Å². The highest BCUT2D eigenvalue weighted by Crippen LogP contribution is 2.18. The number of carbonyl (C=O) groups excluding carboxylic acids is 1. The molecule has 0 bridgehead atoms. The smallest absolute Gasteiger partial charge is 0.270 e. The number of nitrogen functional groups attached to an aromatic ring is 1. The number of halogens is 2. The van der Waals surface area contributed by atoms with E-state index in [0.717, 1.165) is 5.01 Å². The standard InChI is InChI=1S/C10H11F2N3O/c1-15(14)10(16)7-4-6(5-9(11)12)2-3-8(7)13/h2-5H,13-14H2,1H3. The lowest BCUT2D eigenvalue weighted by molar-refractivity contribution is 0.0796. The van der Waals surface area contributed by atoms with Crippen molar-refractivity contribution in [2.24, 2.45) is 5.84 Å². The first-order valence-corrected chi connectivity index (χ1v) is 4.37. The Morgan fingerprint density at radius 1 is 1.44 bits per heavy atom. The molecule has 1 amide bonds. The van der Waals surface area contributed by atoms with Gasteiger partial charge in [0.25, 0.3) is 12.0 Å². The first-order chi connectivity index (χ1) is 7.41. The van der Waals surface area contributed by atoms with Crippen LogP contribution in [-0.4, -0.2) is 18.0 Å². The van der Waals surface area contributed by atoms with Crippen molar-refractivity contribution in [1.29, 1.82) is 0 Å². The first kappa shape index (κ1) is 12.1. The summed E-state index contributed by atoms with van der Waals surface area (Å²) in [7, 11) is 1.35. The van der Waals surface area contributed by atoms with Crippen LogP contribution in [0.3, 0.4) is 0 Å². The van der Waals surface area contributed by atoms with Crippen molar-refractivity contribution < 1.29 is 13.6 Å². The molecule has 0 aromatic heterocycles. The van der Waals surface area contributed by atoms with Crippen molar-refractivity contribution >= 4 is 17.7 Å². The maximum atomic E-state index is 12.0. The Hall–Kier alpha value is -1.95. The van der Waals surface area contributed by atoms with Gasteiger partial charge in [-0.3, -0.25) is 9.80 Å². The quantitative estimate of drug-likeness (QED) is 0.347. The van der Waals surface area contributed by atoms with Gasteiger partial charge in [0.2, 0.25) is 0 Å². The fourth-order valence-corrected chi connectivity index (χ4v) is 1.16. The third-order valence-electron chi connectivity index (χ3n) is 1.90. The van der Waals surface area contributed by atoms with E-state index in [4.69, 9.17) is 11.6 Å². The Kier molecular flexibility index (Phi) is 3.57. The second-order valence-corrected chi connectivity index (χ2v) is 3.20. The Balaban J connectivity index is 3.19. The first-order valence-electron chi connectivity index (χ1n) is 4.37. The second kappa shape index (κ2) is 4.71. The van der Waals surface area contributed by atoms with Crippen molar-refractivity contribution in [3.63, 3.8) is 0 Å². The molecule has 0 fully saturated rings. The molecule has 0 aliphatic rings. The molecule has 0 radical (unpaired) electrons. The molecule has 0 saturated heterocycles. The van der Waals surface area contributed by atoms with Crippen molar-refractivity contribution in [2.45, 2.75) is 0 Å². The van der Waals surface area contributed by atoms with E-state index in [1.54, 1.807) is 0 Å². The third-order valence-corrected chi connectivity index (χ3v) is 1.90. The molecule has 6 heteroatoms. The summed E-state index contributed by atoms with van der Waals surface area (Å²) in [6, 6.07) is 4.04. The monoisotopic (exact) mass is 227 g/mol. The molecule has 1 aromatic rings. The van der Waals surface area contributed by atoms with Crippen LogP contribution in [0.15, 0.2) is 24.3 Å². The van der Waals surface area contributed by atoms with E-state index in [9.17, 15) is 13.6 Å². The van der Waals surface area contributed by atoms with Gasteiger partial charge in [-0.2, -0.15) is 8.78 Å². The summed E-state index contributed by atoms with van der Waals surface area (Å²) in [5.74, 6) is 4.72. The molecular formula is C10H11F2N3O. The SMILES string of the molecule is CN(N)C(=O)c1cc(C=C(F)F)ccc1N. The zero-order chi connectivity index (χ0) is 12.3.